The van der Waals surface area contributed by atoms with Gasteiger partial charge in [0, 0.05) is 10.7 Å². The number of esters is 1. The largest absolute Gasteiger partial charge is 0.482 e. The molecule has 0 aliphatic rings. The van der Waals surface area contributed by atoms with Crippen molar-refractivity contribution in [2.75, 3.05) is 11.9 Å². The summed E-state index contributed by atoms with van der Waals surface area (Å²) in [6.45, 7) is 2.96. The highest BCUT2D eigenvalue weighted by atomic mass is 35.5. The van der Waals surface area contributed by atoms with Gasteiger partial charge in [0.25, 0.3) is 5.91 Å². The molecule has 134 valence electrons. The first-order chi connectivity index (χ1) is 12.4. The van der Waals surface area contributed by atoms with Crippen LogP contribution in [0.25, 0.3) is 0 Å². The number of ether oxygens (including phenoxy) is 2. The van der Waals surface area contributed by atoms with Crippen LogP contribution < -0.4 is 10.1 Å². The SMILES string of the molecule is Cc1cc(OCC(=O)O[C@H](C)C(=O)Nc2ccc(C#N)cc2)ccc1Cl. The van der Waals surface area contributed by atoms with E-state index in [4.69, 9.17) is 26.3 Å². The molecule has 26 heavy (non-hydrogen) atoms. The van der Waals surface area contributed by atoms with Gasteiger partial charge in [0.15, 0.2) is 12.7 Å². The molecule has 0 aliphatic carbocycles. The number of aryl methyl sites for hydroxylation is 1. The number of rotatable bonds is 6. The van der Waals surface area contributed by atoms with Crippen molar-refractivity contribution >= 4 is 29.2 Å². The average molecular weight is 373 g/mol. The van der Waals surface area contributed by atoms with Gasteiger partial charge in [-0.3, -0.25) is 4.79 Å². The molecular formula is C19H17ClN2O4. The lowest BCUT2D eigenvalue weighted by Crippen LogP contribution is -2.31. The van der Waals surface area contributed by atoms with Gasteiger partial charge in [0.1, 0.15) is 5.75 Å². The minimum atomic E-state index is -0.992. The summed E-state index contributed by atoms with van der Waals surface area (Å²) in [5.74, 6) is -0.663. The number of hydrogen-bond acceptors (Lipinski definition) is 5. The molecule has 0 saturated heterocycles. The van der Waals surface area contributed by atoms with Crippen molar-refractivity contribution in [3.63, 3.8) is 0 Å². The second-order valence-electron chi connectivity index (χ2n) is 5.51. The van der Waals surface area contributed by atoms with Gasteiger partial charge >= 0.3 is 5.97 Å². The van der Waals surface area contributed by atoms with Crippen LogP contribution in [0.4, 0.5) is 5.69 Å². The van der Waals surface area contributed by atoms with Crippen molar-refractivity contribution in [2.24, 2.45) is 0 Å². The predicted octanol–water partition coefficient (Wildman–Crippen LogP) is 3.47. The van der Waals surface area contributed by atoms with Crippen LogP contribution in [0.1, 0.15) is 18.1 Å². The van der Waals surface area contributed by atoms with E-state index in [-0.39, 0.29) is 6.61 Å². The molecule has 0 spiro atoms. The number of nitrogens with zero attached hydrogens (tertiary/aromatic N) is 1. The van der Waals surface area contributed by atoms with Crippen LogP contribution in [0.5, 0.6) is 5.75 Å². The standard InChI is InChI=1S/C19H17ClN2O4/c1-12-9-16(7-8-17(12)20)25-11-18(23)26-13(2)19(24)22-15-5-3-14(10-21)4-6-15/h3-9,13H,11H2,1-2H3,(H,22,24)/t13-/m1/s1. The van der Waals surface area contributed by atoms with Gasteiger partial charge in [0.2, 0.25) is 0 Å². The van der Waals surface area contributed by atoms with Crippen molar-refractivity contribution in [3.8, 4) is 11.8 Å². The lowest BCUT2D eigenvalue weighted by Gasteiger charge is -2.14. The molecule has 0 unspecified atom stereocenters. The molecule has 1 amide bonds. The van der Waals surface area contributed by atoms with Crippen molar-refractivity contribution < 1.29 is 19.1 Å². The Morgan fingerprint density at radius 3 is 2.54 bits per heavy atom. The molecule has 0 aromatic heterocycles. The molecule has 2 aromatic rings. The van der Waals surface area contributed by atoms with Crippen LogP contribution in [0, 0.1) is 18.3 Å². The normalized spacial score (nSPS) is 11.2. The highest BCUT2D eigenvalue weighted by Gasteiger charge is 2.18. The topological polar surface area (TPSA) is 88.4 Å². The zero-order valence-corrected chi connectivity index (χ0v) is 15.0. The lowest BCUT2D eigenvalue weighted by atomic mass is 10.2. The fourth-order valence-corrected chi connectivity index (χ4v) is 2.12. The summed E-state index contributed by atoms with van der Waals surface area (Å²) in [6, 6.07) is 13.4. The Kier molecular flexibility index (Phi) is 6.59. The van der Waals surface area contributed by atoms with E-state index in [1.807, 2.05) is 13.0 Å². The van der Waals surface area contributed by atoms with Gasteiger partial charge in [0.05, 0.1) is 11.6 Å². The zero-order chi connectivity index (χ0) is 19.1. The van der Waals surface area contributed by atoms with E-state index in [9.17, 15) is 9.59 Å². The molecule has 1 N–H and O–H groups in total. The Morgan fingerprint density at radius 1 is 1.23 bits per heavy atom. The Hall–Kier alpha value is -3.04. The maximum absolute atomic E-state index is 12.0. The minimum absolute atomic E-state index is 0.324. The molecule has 1 atom stereocenters. The second kappa shape index (κ2) is 8.88. The summed E-state index contributed by atoms with van der Waals surface area (Å²) in [5, 5.41) is 12.0. The van der Waals surface area contributed by atoms with Gasteiger partial charge in [-0.15, -0.1) is 0 Å². The van der Waals surface area contributed by atoms with E-state index in [2.05, 4.69) is 5.32 Å². The van der Waals surface area contributed by atoms with Crippen LogP contribution in [-0.2, 0) is 14.3 Å². The van der Waals surface area contributed by atoms with E-state index in [0.29, 0.717) is 22.0 Å². The number of benzene rings is 2. The molecule has 0 aliphatic heterocycles. The predicted molar refractivity (Wildman–Crippen MR) is 97.0 cm³/mol. The number of carbonyl (C=O) groups is 2. The van der Waals surface area contributed by atoms with Crippen LogP contribution in [0.3, 0.4) is 0 Å². The van der Waals surface area contributed by atoms with Crippen molar-refractivity contribution in [1.82, 2.24) is 0 Å². The summed E-state index contributed by atoms with van der Waals surface area (Å²) in [6.07, 6.45) is -0.992. The third-order valence-electron chi connectivity index (χ3n) is 3.45. The van der Waals surface area contributed by atoms with Crippen molar-refractivity contribution in [3.05, 3.63) is 58.6 Å². The minimum Gasteiger partial charge on any atom is -0.482 e. The first kappa shape index (κ1) is 19.3. The molecule has 6 nitrogen and oxygen atoms in total. The van der Waals surface area contributed by atoms with Crippen LogP contribution in [0.2, 0.25) is 5.02 Å². The van der Waals surface area contributed by atoms with E-state index in [1.165, 1.54) is 6.92 Å². The maximum Gasteiger partial charge on any atom is 0.344 e. The molecule has 0 saturated carbocycles. The summed E-state index contributed by atoms with van der Waals surface area (Å²) < 4.78 is 10.4. The summed E-state index contributed by atoms with van der Waals surface area (Å²) in [7, 11) is 0. The highest BCUT2D eigenvalue weighted by molar-refractivity contribution is 6.31. The van der Waals surface area contributed by atoms with E-state index in [0.717, 1.165) is 5.56 Å². The number of carbonyl (C=O) groups excluding carboxylic acids is 2. The molecule has 0 radical (unpaired) electrons. The molecular weight excluding hydrogens is 356 g/mol. The number of anilines is 1. The van der Waals surface area contributed by atoms with Gasteiger partial charge in [-0.05, 0) is 61.9 Å². The fraction of sp³-hybridized carbons (Fsp3) is 0.211. The van der Waals surface area contributed by atoms with E-state index in [1.54, 1.807) is 42.5 Å². The molecule has 2 aromatic carbocycles. The van der Waals surface area contributed by atoms with Gasteiger partial charge in [-0.2, -0.15) is 5.26 Å². The number of nitriles is 1. The first-order valence-corrected chi connectivity index (χ1v) is 8.16. The number of hydrogen-bond donors (Lipinski definition) is 1. The van der Waals surface area contributed by atoms with Gasteiger partial charge in [-0.1, -0.05) is 11.6 Å². The lowest BCUT2D eigenvalue weighted by molar-refractivity contribution is -0.155. The third kappa shape index (κ3) is 5.50. The van der Waals surface area contributed by atoms with Crippen molar-refractivity contribution in [1.29, 1.82) is 5.26 Å². The van der Waals surface area contributed by atoms with E-state index >= 15 is 0 Å². The van der Waals surface area contributed by atoms with Crippen LogP contribution in [-0.4, -0.2) is 24.6 Å². The Labute approximate surface area is 156 Å². The molecule has 0 fully saturated rings. The van der Waals surface area contributed by atoms with Crippen molar-refractivity contribution in [2.45, 2.75) is 20.0 Å². The number of halogens is 1. The smallest absolute Gasteiger partial charge is 0.344 e. The molecule has 0 heterocycles. The third-order valence-corrected chi connectivity index (χ3v) is 3.87. The highest BCUT2D eigenvalue weighted by Crippen LogP contribution is 2.21. The molecule has 2 rings (SSSR count). The second-order valence-corrected chi connectivity index (χ2v) is 5.92. The average Bonchev–Trinajstić information content (AvgIpc) is 2.63. The quantitative estimate of drug-likeness (QED) is 0.784. The summed E-state index contributed by atoms with van der Waals surface area (Å²) in [4.78, 5) is 23.9. The number of nitrogens with one attached hydrogen (secondary N) is 1. The summed E-state index contributed by atoms with van der Waals surface area (Å²) >= 11 is 5.92. The maximum atomic E-state index is 12.0. The van der Waals surface area contributed by atoms with Crippen LogP contribution >= 0.6 is 11.6 Å². The van der Waals surface area contributed by atoms with Crippen LogP contribution in [0.15, 0.2) is 42.5 Å². The zero-order valence-electron chi connectivity index (χ0n) is 14.3. The Balaban J connectivity index is 1.82. The summed E-state index contributed by atoms with van der Waals surface area (Å²) in [5.41, 5.74) is 1.81. The first-order valence-electron chi connectivity index (χ1n) is 7.78. The van der Waals surface area contributed by atoms with E-state index < -0.39 is 18.0 Å². The Morgan fingerprint density at radius 2 is 1.92 bits per heavy atom. The van der Waals surface area contributed by atoms with Gasteiger partial charge < -0.3 is 14.8 Å². The fourth-order valence-electron chi connectivity index (χ4n) is 2.01. The molecule has 7 heteroatoms. The molecule has 0 bridgehead atoms. The monoisotopic (exact) mass is 372 g/mol. The number of amides is 1. The van der Waals surface area contributed by atoms with Gasteiger partial charge in [-0.25, -0.2) is 4.79 Å². The Bertz CT molecular complexity index is 844.